The Bertz CT molecular complexity index is 879. The second-order valence-corrected chi connectivity index (χ2v) is 6.49. The van der Waals surface area contributed by atoms with Crippen molar-refractivity contribution < 1.29 is 33.0 Å². The smallest absolute Gasteiger partial charge is 0.348 e. The van der Waals surface area contributed by atoms with E-state index in [-0.39, 0.29) is 34.4 Å². The number of hydrogen-bond acceptors (Lipinski definition) is 7. The zero-order valence-electron chi connectivity index (χ0n) is 15.7. The third-order valence-corrected chi connectivity index (χ3v) is 4.72. The minimum absolute atomic E-state index is 0.0714. The van der Waals surface area contributed by atoms with Crippen LogP contribution in [0.15, 0.2) is 24.3 Å². The number of esters is 2. The highest BCUT2D eigenvalue weighted by molar-refractivity contribution is 7.18. The van der Waals surface area contributed by atoms with Gasteiger partial charge in [0.15, 0.2) is 18.2 Å². The lowest BCUT2D eigenvalue weighted by atomic mass is 10.1. The number of carbonyl (C=O) groups is 3. The number of carbonyl (C=O) groups excluding carboxylic acids is 3. The van der Waals surface area contributed by atoms with Crippen LogP contribution in [0.2, 0.25) is 0 Å². The molecular weight excluding hydrogens is 389 g/mol. The Labute approximate surface area is 165 Å². The minimum atomic E-state index is -0.669. The average Bonchev–Trinajstić information content (AvgIpc) is 2.97. The predicted molar refractivity (Wildman–Crippen MR) is 101 cm³/mol. The fourth-order valence-corrected chi connectivity index (χ4v) is 3.41. The van der Waals surface area contributed by atoms with Gasteiger partial charge < -0.3 is 19.5 Å². The number of nitrogens with one attached hydrogen (secondary N) is 1. The number of ether oxygens (including phenoxy) is 3. The SMILES string of the molecule is CCOC(=O)c1sc(NC(=O)COc2ccccc2F)c(C(=O)OCC)c1C. The minimum Gasteiger partial charge on any atom is -0.481 e. The van der Waals surface area contributed by atoms with Crippen molar-refractivity contribution in [3.8, 4) is 5.75 Å². The first-order chi connectivity index (χ1) is 13.4. The summed E-state index contributed by atoms with van der Waals surface area (Å²) in [6.45, 7) is 4.70. The third kappa shape index (κ3) is 5.07. The molecule has 2 aromatic rings. The van der Waals surface area contributed by atoms with Crippen molar-refractivity contribution in [2.45, 2.75) is 20.8 Å². The van der Waals surface area contributed by atoms with Crippen LogP contribution in [0.5, 0.6) is 5.75 Å². The maximum Gasteiger partial charge on any atom is 0.348 e. The molecule has 0 aliphatic carbocycles. The zero-order valence-corrected chi connectivity index (χ0v) is 16.5. The predicted octanol–water partition coefficient (Wildman–Crippen LogP) is 3.57. The first-order valence-electron chi connectivity index (χ1n) is 8.53. The Kier molecular flexibility index (Phi) is 7.51. The molecule has 28 heavy (non-hydrogen) atoms. The molecule has 0 spiro atoms. The molecule has 2 rings (SSSR count). The number of halogens is 1. The van der Waals surface area contributed by atoms with Crippen LogP contribution < -0.4 is 10.1 Å². The summed E-state index contributed by atoms with van der Waals surface area (Å²) in [5, 5.41) is 2.66. The van der Waals surface area contributed by atoms with E-state index in [4.69, 9.17) is 14.2 Å². The Balaban J connectivity index is 2.21. The highest BCUT2D eigenvalue weighted by Gasteiger charge is 2.27. The number of benzene rings is 1. The summed E-state index contributed by atoms with van der Waals surface area (Å²) in [7, 11) is 0. The molecule has 150 valence electrons. The van der Waals surface area contributed by atoms with E-state index in [1.165, 1.54) is 18.2 Å². The molecule has 0 radical (unpaired) electrons. The first-order valence-corrected chi connectivity index (χ1v) is 9.35. The standard InChI is InChI=1S/C19H20FNO6S/c1-4-25-18(23)15-11(3)16(19(24)26-5-2)28-17(15)21-14(22)10-27-13-9-7-6-8-12(13)20/h6-9H,4-5,10H2,1-3H3,(H,21,22). The van der Waals surface area contributed by atoms with E-state index in [1.54, 1.807) is 26.8 Å². The van der Waals surface area contributed by atoms with Gasteiger partial charge in [-0.2, -0.15) is 0 Å². The Morgan fingerprint density at radius 3 is 2.36 bits per heavy atom. The molecule has 0 saturated carbocycles. The van der Waals surface area contributed by atoms with Crippen molar-refractivity contribution in [1.82, 2.24) is 0 Å². The van der Waals surface area contributed by atoms with Crippen molar-refractivity contribution in [2.75, 3.05) is 25.1 Å². The van der Waals surface area contributed by atoms with Crippen molar-refractivity contribution in [2.24, 2.45) is 0 Å². The molecule has 0 fully saturated rings. The molecule has 0 aliphatic rings. The summed E-state index contributed by atoms with van der Waals surface area (Å²) in [5.41, 5.74) is 0.432. The largest absolute Gasteiger partial charge is 0.481 e. The number of hydrogen-bond donors (Lipinski definition) is 1. The molecule has 1 aromatic heterocycles. The summed E-state index contributed by atoms with van der Waals surface area (Å²) in [4.78, 5) is 36.8. The number of amides is 1. The molecule has 9 heteroatoms. The van der Waals surface area contributed by atoms with Crippen LogP contribution >= 0.6 is 11.3 Å². The lowest BCUT2D eigenvalue weighted by Gasteiger charge is -2.09. The first kappa shape index (κ1) is 21.4. The van der Waals surface area contributed by atoms with E-state index >= 15 is 0 Å². The summed E-state index contributed by atoms with van der Waals surface area (Å²) in [6.07, 6.45) is 0. The molecule has 1 N–H and O–H groups in total. The molecular formula is C19H20FNO6S. The van der Waals surface area contributed by atoms with Gasteiger partial charge in [0.1, 0.15) is 9.88 Å². The number of anilines is 1. The third-order valence-electron chi connectivity index (χ3n) is 3.54. The van der Waals surface area contributed by atoms with E-state index in [0.717, 1.165) is 11.3 Å². The summed E-state index contributed by atoms with van der Waals surface area (Å²) >= 11 is 0.905. The summed E-state index contributed by atoms with van der Waals surface area (Å²) in [5.74, 6) is -2.56. The maximum absolute atomic E-state index is 13.6. The topological polar surface area (TPSA) is 90.9 Å². The van der Waals surface area contributed by atoms with Gasteiger partial charge >= 0.3 is 11.9 Å². The van der Waals surface area contributed by atoms with Crippen molar-refractivity contribution in [1.29, 1.82) is 0 Å². The molecule has 1 amide bonds. The molecule has 0 unspecified atom stereocenters. The van der Waals surface area contributed by atoms with Gasteiger partial charge in [0, 0.05) is 0 Å². The molecule has 0 bridgehead atoms. The maximum atomic E-state index is 13.6. The molecule has 0 atom stereocenters. The van der Waals surface area contributed by atoms with Gasteiger partial charge in [-0.25, -0.2) is 14.0 Å². The number of thiophene rings is 1. The fourth-order valence-electron chi connectivity index (χ4n) is 2.31. The van der Waals surface area contributed by atoms with Crippen molar-refractivity contribution in [3.05, 3.63) is 46.1 Å². The lowest BCUT2D eigenvalue weighted by molar-refractivity contribution is -0.118. The average molecular weight is 409 g/mol. The van der Waals surface area contributed by atoms with E-state index < -0.39 is 30.3 Å². The van der Waals surface area contributed by atoms with E-state index in [2.05, 4.69) is 5.32 Å². The molecule has 0 saturated heterocycles. The van der Waals surface area contributed by atoms with Crippen LogP contribution in [-0.2, 0) is 14.3 Å². The molecule has 7 nitrogen and oxygen atoms in total. The van der Waals surface area contributed by atoms with E-state index in [0.29, 0.717) is 5.56 Å². The molecule has 1 heterocycles. The fraction of sp³-hybridized carbons (Fsp3) is 0.316. The van der Waals surface area contributed by atoms with E-state index in [9.17, 15) is 18.8 Å². The number of para-hydroxylation sites is 1. The van der Waals surface area contributed by atoms with Crippen LogP contribution in [0.4, 0.5) is 9.39 Å². The van der Waals surface area contributed by atoms with Gasteiger partial charge in [0.25, 0.3) is 5.91 Å². The highest BCUT2D eigenvalue weighted by Crippen LogP contribution is 2.34. The van der Waals surface area contributed by atoms with Gasteiger partial charge in [-0.1, -0.05) is 12.1 Å². The van der Waals surface area contributed by atoms with Crippen LogP contribution in [0.1, 0.15) is 39.4 Å². The van der Waals surface area contributed by atoms with Crippen LogP contribution in [0.3, 0.4) is 0 Å². The van der Waals surface area contributed by atoms with Crippen LogP contribution in [-0.4, -0.2) is 37.7 Å². The van der Waals surface area contributed by atoms with Gasteiger partial charge in [-0.3, -0.25) is 4.79 Å². The summed E-state index contributed by atoms with van der Waals surface area (Å²) in [6, 6.07) is 5.67. The van der Waals surface area contributed by atoms with Crippen LogP contribution in [0.25, 0.3) is 0 Å². The van der Waals surface area contributed by atoms with E-state index in [1.807, 2.05) is 0 Å². The molecule has 1 aromatic carbocycles. The second kappa shape index (κ2) is 9.84. The van der Waals surface area contributed by atoms with Gasteiger partial charge in [-0.05, 0) is 38.5 Å². The Hall–Kier alpha value is -2.94. The van der Waals surface area contributed by atoms with Crippen LogP contribution in [0, 0.1) is 12.7 Å². The highest BCUT2D eigenvalue weighted by atomic mass is 32.1. The van der Waals surface area contributed by atoms with Gasteiger partial charge in [-0.15, -0.1) is 11.3 Å². The monoisotopic (exact) mass is 409 g/mol. The Morgan fingerprint density at radius 1 is 1.07 bits per heavy atom. The normalized spacial score (nSPS) is 10.3. The van der Waals surface area contributed by atoms with Gasteiger partial charge in [0.05, 0.1) is 18.8 Å². The quantitative estimate of drug-likeness (QED) is 0.671. The summed E-state index contributed by atoms with van der Waals surface area (Å²) < 4.78 is 28.7. The Morgan fingerprint density at radius 2 is 1.71 bits per heavy atom. The second-order valence-electron chi connectivity index (χ2n) is 5.47. The number of rotatable bonds is 8. The zero-order chi connectivity index (χ0) is 20.7. The van der Waals surface area contributed by atoms with Gasteiger partial charge in [0.2, 0.25) is 0 Å². The molecule has 0 aliphatic heterocycles. The van der Waals surface area contributed by atoms with Crippen molar-refractivity contribution >= 4 is 34.2 Å². The lowest BCUT2D eigenvalue weighted by Crippen LogP contribution is -2.21. The van der Waals surface area contributed by atoms with Crippen molar-refractivity contribution in [3.63, 3.8) is 0 Å².